The van der Waals surface area contributed by atoms with Crippen molar-refractivity contribution in [2.75, 3.05) is 35.4 Å². The molecule has 0 atom stereocenters. The third-order valence-electron chi connectivity index (χ3n) is 2.88. The molecule has 1 aromatic rings. The van der Waals surface area contributed by atoms with Crippen LogP contribution in [-0.4, -0.2) is 41.1 Å². The molecule has 102 valence electrons. The summed E-state index contributed by atoms with van der Waals surface area (Å²) >= 11 is 0. The Morgan fingerprint density at radius 1 is 1.11 bits per heavy atom. The second-order valence-electron chi connectivity index (χ2n) is 4.28. The van der Waals surface area contributed by atoms with Crippen molar-refractivity contribution in [1.29, 1.82) is 0 Å². The van der Waals surface area contributed by atoms with Crippen molar-refractivity contribution in [3.8, 4) is 0 Å². The Labute approximate surface area is 108 Å². The van der Waals surface area contributed by atoms with Crippen molar-refractivity contribution in [3.63, 3.8) is 0 Å². The minimum Gasteiger partial charge on any atom is -0.341 e. The van der Waals surface area contributed by atoms with Crippen LogP contribution in [0.15, 0.2) is 0 Å². The van der Waals surface area contributed by atoms with E-state index in [-0.39, 0.29) is 0 Å². The molecule has 3 N–H and O–H groups in total. The topological polar surface area (TPSA) is 83.2 Å². The first kappa shape index (κ1) is 14.4. The maximum Gasteiger partial charge on any atom is 0.243 e. The minimum atomic E-state index is 0.308. The van der Waals surface area contributed by atoms with E-state index in [1.165, 1.54) is 0 Å². The molecule has 0 bridgehead atoms. The number of nitrogens with one attached hydrogen (secondary N) is 1. The summed E-state index contributed by atoms with van der Waals surface area (Å²) < 4.78 is 0. The van der Waals surface area contributed by atoms with Crippen LogP contribution in [0, 0.1) is 0 Å². The lowest BCUT2D eigenvalue weighted by Crippen LogP contribution is -2.31. The van der Waals surface area contributed by atoms with E-state index in [9.17, 15) is 0 Å². The lowest BCUT2D eigenvalue weighted by Gasteiger charge is -2.24. The van der Waals surface area contributed by atoms with Gasteiger partial charge in [-0.25, -0.2) is 5.84 Å². The SMILES string of the molecule is CCN(CC)c1nc(NN)nc(N(C)C(C)C)n1. The molecule has 18 heavy (non-hydrogen) atoms. The van der Waals surface area contributed by atoms with E-state index in [1.807, 2.05) is 11.9 Å². The molecular weight excluding hydrogens is 230 g/mol. The lowest BCUT2D eigenvalue weighted by molar-refractivity contribution is 0.718. The molecule has 7 nitrogen and oxygen atoms in total. The van der Waals surface area contributed by atoms with Crippen molar-refractivity contribution in [3.05, 3.63) is 0 Å². The van der Waals surface area contributed by atoms with Gasteiger partial charge in [-0.05, 0) is 27.7 Å². The van der Waals surface area contributed by atoms with Crippen LogP contribution in [0.5, 0.6) is 0 Å². The fourth-order valence-corrected chi connectivity index (χ4v) is 1.45. The van der Waals surface area contributed by atoms with Crippen LogP contribution in [0.1, 0.15) is 27.7 Å². The van der Waals surface area contributed by atoms with Gasteiger partial charge in [-0.1, -0.05) is 0 Å². The van der Waals surface area contributed by atoms with Crippen molar-refractivity contribution < 1.29 is 0 Å². The highest BCUT2D eigenvalue weighted by Gasteiger charge is 2.14. The molecule has 0 aliphatic carbocycles. The number of anilines is 3. The van der Waals surface area contributed by atoms with Crippen molar-refractivity contribution >= 4 is 17.8 Å². The zero-order valence-corrected chi connectivity index (χ0v) is 11.8. The second kappa shape index (κ2) is 6.34. The van der Waals surface area contributed by atoms with Crippen LogP contribution in [0.2, 0.25) is 0 Å². The van der Waals surface area contributed by atoms with Gasteiger partial charge in [0, 0.05) is 26.2 Å². The fourth-order valence-electron chi connectivity index (χ4n) is 1.45. The molecular formula is C11H23N7. The van der Waals surface area contributed by atoms with E-state index in [2.05, 4.69) is 53.0 Å². The molecule has 0 fully saturated rings. The van der Waals surface area contributed by atoms with Crippen molar-refractivity contribution in [1.82, 2.24) is 15.0 Å². The quantitative estimate of drug-likeness (QED) is 0.574. The smallest absolute Gasteiger partial charge is 0.243 e. The summed E-state index contributed by atoms with van der Waals surface area (Å²) in [6, 6.07) is 0.308. The zero-order valence-electron chi connectivity index (χ0n) is 11.8. The van der Waals surface area contributed by atoms with E-state index in [0.29, 0.717) is 23.9 Å². The number of rotatable bonds is 6. The van der Waals surface area contributed by atoms with E-state index in [4.69, 9.17) is 5.84 Å². The maximum absolute atomic E-state index is 5.41. The summed E-state index contributed by atoms with van der Waals surface area (Å²) in [5.74, 6) is 7.05. The standard InChI is InChI=1S/C11H23N7/c1-6-18(7-2)11-14-9(16-12)13-10(15-11)17(5)8(3)4/h8H,6-7,12H2,1-5H3,(H,13,14,15,16). The molecule has 0 saturated heterocycles. The molecule has 0 amide bonds. The van der Waals surface area contributed by atoms with Crippen molar-refractivity contribution in [2.24, 2.45) is 5.84 Å². The molecule has 7 heteroatoms. The Morgan fingerprint density at radius 2 is 1.67 bits per heavy atom. The summed E-state index contributed by atoms with van der Waals surface area (Å²) in [5.41, 5.74) is 2.49. The first-order valence-electron chi connectivity index (χ1n) is 6.23. The number of nitrogens with two attached hydrogens (primary N) is 1. The Kier molecular flexibility index (Phi) is 5.08. The number of hydrogen-bond donors (Lipinski definition) is 2. The molecule has 1 heterocycles. The molecule has 0 spiro atoms. The van der Waals surface area contributed by atoms with Gasteiger partial charge < -0.3 is 9.80 Å². The summed E-state index contributed by atoms with van der Waals surface area (Å²) in [4.78, 5) is 17.1. The summed E-state index contributed by atoms with van der Waals surface area (Å²) in [5, 5.41) is 0. The number of hydrogen-bond acceptors (Lipinski definition) is 7. The normalized spacial score (nSPS) is 10.6. The molecule has 0 radical (unpaired) electrons. The molecule has 0 aliphatic heterocycles. The van der Waals surface area contributed by atoms with E-state index in [0.717, 1.165) is 13.1 Å². The van der Waals surface area contributed by atoms with Crippen molar-refractivity contribution in [2.45, 2.75) is 33.7 Å². The van der Waals surface area contributed by atoms with Gasteiger partial charge in [-0.15, -0.1) is 0 Å². The molecule has 1 aromatic heterocycles. The first-order chi connectivity index (χ1) is 8.53. The third-order valence-corrected chi connectivity index (χ3v) is 2.88. The van der Waals surface area contributed by atoms with E-state index in [1.54, 1.807) is 0 Å². The van der Waals surface area contributed by atoms with Gasteiger partial charge in [-0.2, -0.15) is 15.0 Å². The monoisotopic (exact) mass is 253 g/mol. The second-order valence-corrected chi connectivity index (χ2v) is 4.28. The molecule has 0 saturated carbocycles. The van der Waals surface area contributed by atoms with Crippen LogP contribution in [-0.2, 0) is 0 Å². The highest BCUT2D eigenvalue weighted by atomic mass is 15.4. The summed E-state index contributed by atoms with van der Waals surface area (Å²) in [6.45, 7) is 9.97. The van der Waals surface area contributed by atoms with Crippen LogP contribution in [0.25, 0.3) is 0 Å². The molecule has 1 rings (SSSR count). The largest absolute Gasteiger partial charge is 0.341 e. The average molecular weight is 253 g/mol. The van der Waals surface area contributed by atoms with Crippen LogP contribution in [0.4, 0.5) is 17.8 Å². The fraction of sp³-hybridized carbons (Fsp3) is 0.727. The summed E-state index contributed by atoms with van der Waals surface area (Å²) in [7, 11) is 1.95. The molecule has 0 unspecified atom stereocenters. The Morgan fingerprint density at radius 3 is 2.11 bits per heavy atom. The first-order valence-corrected chi connectivity index (χ1v) is 6.23. The van der Waals surface area contributed by atoms with Gasteiger partial charge in [0.15, 0.2) is 0 Å². The van der Waals surface area contributed by atoms with Crippen LogP contribution < -0.4 is 21.1 Å². The van der Waals surface area contributed by atoms with Crippen LogP contribution >= 0.6 is 0 Å². The Bertz CT molecular complexity index is 355. The minimum absolute atomic E-state index is 0.308. The zero-order chi connectivity index (χ0) is 13.7. The number of hydrazine groups is 1. The predicted octanol–water partition coefficient (Wildman–Crippen LogP) is 0.848. The third kappa shape index (κ3) is 3.19. The number of nitrogens with zero attached hydrogens (tertiary/aromatic N) is 5. The Hall–Kier alpha value is -1.63. The van der Waals surface area contributed by atoms with Gasteiger partial charge in [-0.3, -0.25) is 5.43 Å². The number of aromatic nitrogens is 3. The molecule has 0 aliphatic rings. The van der Waals surface area contributed by atoms with Gasteiger partial charge in [0.25, 0.3) is 0 Å². The average Bonchev–Trinajstić information content (AvgIpc) is 2.38. The predicted molar refractivity (Wildman–Crippen MR) is 74.7 cm³/mol. The Balaban J connectivity index is 3.16. The highest BCUT2D eigenvalue weighted by Crippen LogP contribution is 2.16. The van der Waals surface area contributed by atoms with Gasteiger partial charge in [0.2, 0.25) is 17.8 Å². The van der Waals surface area contributed by atoms with Gasteiger partial charge >= 0.3 is 0 Å². The lowest BCUT2D eigenvalue weighted by atomic mass is 10.4. The number of nitrogen functional groups attached to an aromatic ring is 1. The highest BCUT2D eigenvalue weighted by molar-refractivity contribution is 5.44. The van der Waals surface area contributed by atoms with E-state index >= 15 is 0 Å². The maximum atomic E-state index is 5.41. The van der Waals surface area contributed by atoms with Crippen LogP contribution in [0.3, 0.4) is 0 Å². The van der Waals surface area contributed by atoms with Gasteiger partial charge in [0.05, 0.1) is 0 Å². The van der Waals surface area contributed by atoms with E-state index < -0.39 is 0 Å². The molecule has 0 aromatic carbocycles. The van der Waals surface area contributed by atoms with Gasteiger partial charge in [0.1, 0.15) is 0 Å². The summed E-state index contributed by atoms with van der Waals surface area (Å²) in [6.07, 6.45) is 0.